The van der Waals surface area contributed by atoms with Crippen molar-refractivity contribution in [3.05, 3.63) is 29.5 Å². The van der Waals surface area contributed by atoms with Crippen molar-refractivity contribution >= 4 is 10.9 Å². The van der Waals surface area contributed by atoms with Crippen molar-refractivity contribution in [3.63, 3.8) is 0 Å². The smallest absolute Gasteiger partial charge is 0.131 e. The van der Waals surface area contributed by atoms with Crippen LogP contribution in [0.3, 0.4) is 0 Å². The lowest BCUT2D eigenvalue weighted by atomic mass is 9.78. The van der Waals surface area contributed by atoms with Gasteiger partial charge < -0.3 is 14.4 Å². The fourth-order valence-corrected chi connectivity index (χ4v) is 5.09. The third-order valence-electron chi connectivity index (χ3n) is 5.96. The minimum atomic E-state index is -0.391. The van der Waals surface area contributed by atoms with E-state index in [1.165, 1.54) is 36.0 Å². The molecule has 3 aliphatic heterocycles. The molecule has 22 heavy (non-hydrogen) atoms. The zero-order chi connectivity index (χ0) is 14.8. The average molecular weight is 298 g/mol. The molecule has 4 heteroatoms. The summed E-state index contributed by atoms with van der Waals surface area (Å²) in [7, 11) is 1.70. The van der Waals surface area contributed by atoms with Crippen molar-refractivity contribution in [2.24, 2.45) is 5.92 Å². The second-order valence-electron chi connectivity index (χ2n) is 6.97. The largest absolute Gasteiger partial charge is 0.497 e. The molecule has 3 atom stereocenters. The minimum absolute atomic E-state index is 0.391. The highest BCUT2D eigenvalue weighted by Crippen LogP contribution is 2.51. The van der Waals surface area contributed by atoms with Crippen LogP contribution >= 0.6 is 0 Å². The summed E-state index contributed by atoms with van der Waals surface area (Å²) >= 11 is 0. The van der Waals surface area contributed by atoms with Crippen LogP contribution in [0.15, 0.2) is 18.2 Å². The summed E-state index contributed by atoms with van der Waals surface area (Å²) in [5, 5.41) is 12.1. The summed E-state index contributed by atoms with van der Waals surface area (Å²) in [5.41, 5.74) is 3.99. The molecular weight excluding hydrogens is 276 g/mol. The van der Waals surface area contributed by atoms with Crippen LogP contribution in [0.25, 0.3) is 10.9 Å². The SMILES string of the molecule is COc1ccc2c3c4n(c2c1)C(O)C[C@H]1CCCN(CC3)[C@@H]41. The Labute approximate surface area is 130 Å². The Hall–Kier alpha value is -1.52. The van der Waals surface area contributed by atoms with Crippen LogP contribution in [0, 0.1) is 5.92 Å². The van der Waals surface area contributed by atoms with Crippen molar-refractivity contribution in [1.29, 1.82) is 0 Å². The quantitative estimate of drug-likeness (QED) is 0.879. The van der Waals surface area contributed by atoms with Gasteiger partial charge in [0.1, 0.15) is 12.0 Å². The first-order valence-electron chi connectivity index (χ1n) is 8.40. The molecule has 0 radical (unpaired) electrons. The number of aliphatic hydroxyl groups is 1. The number of nitrogens with zero attached hydrogens (tertiary/aromatic N) is 2. The molecule has 1 N–H and O–H groups in total. The first kappa shape index (κ1) is 13.0. The lowest BCUT2D eigenvalue weighted by molar-refractivity contribution is -0.0148. The summed E-state index contributed by atoms with van der Waals surface area (Å²) in [5.74, 6) is 1.48. The highest BCUT2D eigenvalue weighted by atomic mass is 16.5. The summed E-state index contributed by atoms with van der Waals surface area (Å²) < 4.78 is 7.60. The lowest BCUT2D eigenvalue weighted by Gasteiger charge is -2.48. The van der Waals surface area contributed by atoms with E-state index in [2.05, 4.69) is 21.6 Å². The minimum Gasteiger partial charge on any atom is -0.497 e. The molecule has 0 amide bonds. The molecule has 1 fully saturated rings. The molecule has 116 valence electrons. The maximum Gasteiger partial charge on any atom is 0.131 e. The van der Waals surface area contributed by atoms with Gasteiger partial charge >= 0.3 is 0 Å². The van der Waals surface area contributed by atoms with Crippen LogP contribution in [0.2, 0.25) is 0 Å². The van der Waals surface area contributed by atoms with E-state index in [0.717, 1.165) is 30.7 Å². The Morgan fingerprint density at radius 1 is 1.27 bits per heavy atom. The van der Waals surface area contributed by atoms with Gasteiger partial charge in [-0.3, -0.25) is 4.90 Å². The second kappa shape index (κ2) is 4.49. The van der Waals surface area contributed by atoms with Gasteiger partial charge in [-0.05, 0) is 55.8 Å². The summed E-state index contributed by atoms with van der Waals surface area (Å²) in [6.07, 6.45) is 4.12. The van der Waals surface area contributed by atoms with Gasteiger partial charge in [-0.1, -0.05) is 0 Å². The fourth-order valence-electron chi connectivity index (χ4n) is 5.09. The predicted octanol–water partition coefficient (Wildman–Crippen LogP) is 2.85. The molecule has 0 bridgehead atoms. The van der Waals surface area contributed by atoms with Crippen LogP contribution in [-0.4, -0.2) is 34.8 Å². The molecule has 1 aromatic carbocycles. The summed E-state index contributed by atoms with van der Waals surface area (Å²) in [6, 6.07) is 6.82. The second-order valence-corrected chi connectivity index (χ2v) is 6.97. The highest BCUT2D eigenvalue weighted by molar-refractivity contribution is 5.87. The molecule has 1 unspecified atom stereocenters. The van der Waals surface area contributed by atoms with Crippen molar-refractivity contribution in [3.8, 4) is 5.75 Å². The zero-order valence-corrected chi connectivity index (χ0v) is 13.0. The molecule has 5 rings (SSSR count). The maximum absolute atomic E-state index is 10.8. The average Bonchev–Trinajstić information content (AvgIpc) is 2.88. The maximum atomic E-state index is 10.8. The molecular formula is C18H22N2O2. The summed E-state index contributed by atoms with van der Waals surface area (Å²) in [6.45, 7) is 2.37. The van der Waals surface area contributed by atoms with Crippen LogP contribution < -0.4 is 4.74 Å². The Morgan fingerprint density at radius 3 is 3.05 bits per heavy atom. The third-order valence-corrected chi connectivity index (χ3v) is 5.96. The number of aromatic nitrogens is 1. The molecule has 2 aromatic rings. The van der Waals surface area contributed by atoms with Gasteiger partial charge in [-0.2, -0.15) is 0 Å². The van der Waals surface area contributed by atoms with Crippen molar-refractivity contribution < 1.29 is 9.84 Å². The zero-order valence-electron chi connectivity index (χ0n) is 13.0. The number of aliphatic hydroxyl groups excluding tert-OH is 1. The Balaban J connectivity index is 1.82. The molecule has 1 saturated heterocycles. The van der Waals surface area contributed by atoms with E-state index in [-0.39, 0.29) is 0 Å². The number of fused-ring (bicyclic) bond motifs is 3. The van der Waals surface area contributed by atoms with Crippen LogP contribution in [0.1, 0.15) is 42.8 Å². The topological polar surface area (TPSA) is 37.6 Å². The Kier molecular flexibility index (Phi) is 2.65. The first-order valence-corrected chi connectivity index (χ1v) is 8.40. The van der Waals surface area contributed by atoms with Gasteiger partial charge in [0.25, 0.3) is 0 Å². The van der Waals surface area contributed by atoms with E-state index in [4.69, 9.17) is 4.74 Å². The Bertz CT molecular complexity index is 751. The number of rotatable bonds is 1. The number of piperidine rings is 1. The predicted molar refractivity (Wildman–Crippen MR) is 85.1 cm³/mol. The summed E-state index contributed by atoms with van der Waals surface area (Å²) in [4.78, 5) is 2.65. The van der Waals surface area contributed by atoms with Gasteiger partial charge in [0, 0.05) is 23.7 Å². The molecule has 1 aromatic heterocycles. The van der Waals surface area contributed by atoms with Crippen LogP contribution in [0.4, 0.5) is 0 Å². The number of hydrogen-bond donors (Lipinski definition) is 1. The van der Waals surface area contributed by atoms with E-state index in [9.17, 15) is 5.11 Å². The van der Waals surface area contributed by atoms with Crippen LogP contribution in [0.5, 0.6) is 5.75 Å². The number of hydrogen-bond acceptors (Lipinski definition) is 3. The van der Waals surface area contributed by atoms with E-state index in [1.54, 1.807) is 7.11 Å². The van der Waals surface area contributed by atoms with E-state index in [0.29, 0.717) is 12.0 Å². The van der Waals surface area contributed by atoms with Crippen molar-refractivity contribution in [2.45, 2.75) is 38.0 Å². The molecule has 4 nitrogen and oxygen atoms in total. The molecule has 3 aliphatic rings. The van der Waals surface area contributed by atoms with Crippen molar-refractivity contribution in [1.82, 2.24) is 9.47 Å². The number of methoxy groups -OCH3 is 1. The Morgan fingerprint density at radius 2 is 2.18 bits per heavy atom. The molecule has 0 saturated carbocycles. The highest BCUT2D eigenvalue weighted by Gasteiger charge is 2.44. The van der Waals surface area contributed by atoms with Gasteiger partial charge in [0.05, 0.1) is 18.7 Å². The van der Waals surface area contributed by atoms with E-state index < -0.39 is 6.23 Å². The fraction of sp³-hybridized carbons (Fsp3) is 0.556. The first-order chi connectivity index (χ1) is 10.8. The van der Waals surface area contributed by atoms with Gasteiger partial charge in [-0.25, -0.2) is 0 Å². The normalized spacial score (nSPS) is 30.4. The molecule has 0 spiro atoms. The van der Waals surface area contributed by atoms with Crippen LogP contribution in [-0.2, 0) is 6.42 Å². The molecule has 0 aliphatic carbocycles. The number of benzene rings is 1. The standard InChI is InChI=1S/C18H22N2O2/c1-22-12-4-5-13-14-6-8-19-7-2-3-11-9-16(21)20(15(13)10-12)18(14)17(11)19/h4-5,10-11,16-17,21H,2-3,6-9H2,1H3/t11-,16?,17-/m1/s1. The monoisotopic (exact) mass is 298 g/mol. The van der Waals surface area contributed by atoms with Gasteiger partial charge in [0.2, 0.25) is 0 Å². The third kappa shape index (κ3) is 1.54. The molecule has 4 heterocycles. The van der Waals surface area contributed by atoms with E-state index in [1.807, 2.05) is 6.07 Å². The number of ether oxygens (including phenoxy) is 1. The lowest BCUT2D eigenvalue weighted by Crippen LogP contribution is -2.47. The van der Waals surface area contributed by atoms with Gasteiger partial charge in [0.15, 0.2) is 0 Å². The van der Waals surface area contributed by atoms with Crippen molar-refractivity contribution in [2.75, 3.05) is 20.2 Å². The van der Waals surface area contributed by atoms with Gasteiger partial charge in [-0.15, -0.1) is 0 Å². The van der Waals surface area contributed by atoms with E-state index >= 15 is 0 Å².